The van der Waals surface area contributed by atoms with Gasteiger partial charge >= 0.3 is 0 Å². The average molecular weight is 306 g/mol. The van der Waals surface area contributed by atoms with E-state index in [9.17, 15) is 9.18 Å². The maximum absolute atomic E-state index is 13.8. The molecule has 4 nitrogen and oxygen atoms in total. The minimum Gasteiger partial charge on any atom is -0.494 e. The highest BCUT2D eigenvalue weighted by atomic mass is 19.1. The van der Waals surface area contributed by atoms with Crippen molar-refractivity contribution in [3.63, 3.8) is 0 Å². The lowest BCUT2D eigenvalue weighted by molar-refractivity contribution is -0.132. The second-order valence-electron chi connectivity index (χ2n) is 6.20. The van der Waals surface area contributed by atoms with Crippen LogP contribution in [-0.4, -0.2) is 49.0 Å². The molecule has 1 aliphatic heterocycles. The molecule has 1 aromatic carbocycles. The van der Waals surface area contributed by atoms with Gasteiger partial charge in [0.2, 0.25) is 5.91 Å². The Morgan fingerprint density at radius 3 is 2.77 bits per heavy atom. The normalized spacial score (nSPS) is 19.8. The lowest BCUT2D eigenvalue weighted by atomic mass is 10.2. The minimum atomic E-state index is -0.319. The summed E-state index contributed by atoms with van der Waals surface area (Å²) in [5, 5.41) is 0. The number of methoxy groups -OCH3 is 1. The molecular formula is C17H23FN2O2. The summed E-state index contributed by atoms with van der Waals surface area (Å²) < 4.78 is 18.7. The molecule has 1 aromatic rings. The number of nitrogens with zero attached hydrogens (tertiary/aromatic N) is 2. The van der Waals surface area contributed by atoms with E-state index >= 15 is 0 Å². The number of hydrogen-bond donors (Lipinski definition) is 0. The van der Waals surface area contributed by atoms with Gasteiger partial charge in [-0.1, -0.05) is 6.07 Å². The zero-order valence-electron chi connectivity index (χ0n) is 13.1. The zero-order valence-corrected chi connectivity index (χ0v) is 13.1. The molecule has 3 rings (SSSR count). The van der Waals surface area contributed by atoms with Gasteiger partial charge in [-0.15, -0.1) is 0 Å². The van der Waals surface area contributed by atoms with E-state index in [1.165, 1.54) is 13.2 Å². The summed E-state index contributed by atoms with van der Waals surface area (Å²) in [5.41, 5.74) is 0.945. The Morgan fingerprint density at radius 2 is 2.09 bits per heavy atom. The van der Waals surface area contributed by atoms with Crippen LogP contribution in [0.3, 0.4) is 0 Å². The van der Waals surface area contributed by atoms with E-state index in [1.54, 1.807) is 6.07 Å². The van der Waals surface area contributed by atoms with Crippen molar-refractivity contribution in [3.8, 4) is 5.75 Å². The molecule has 5 heteroatoms. The van der Waals surface area contributed by atoms with E-state index in [4.69, 9.17) is 4.74 Å². The van der Waals surface area contributed by atoms with Crippen molar-refractivity contribution in [1.82, 2.24) is 9.80 Å². The number of hydrogen-bond acceptors (Lipinski definition) is 3. The Hall–Kier alpha value is -1.62. The Labute approximate surface area is 130 Å². The van der Waals surface area contributed by atoms with Gasteiger partial charge in [-0.05, 0) is 37.0 Å². The third kappa shape index (κ3) is 3.58. The van der Waals surface area contributed by atoms with Crippen molar-refractivity contribution in [2.75, 3.05) is 33.3 Å². The zero-order chi connectivity index (χ0) is 15.5. The topological polar surface area (TPSA) is 32.8 Å². The van der Waals surface area contributed by atoms with Gasteiger partial charge in [0.25, 0.3) is 0 Å². The van der Waals surface area contributed by atoms with Gasteiger partial charge in [0.05, 0.1) is 7.11 Å². The van der Waals surface area contributed by atoms with Crippen LogP contribution in [0.15, 0.2) is 18.2 Å². The molecule has 2 fully saturated rings. The quantitative estimate of drug-likeness (QED) is 0.855. The second kappa shape index (κ2) is 6.65. The predicted octanol–water partition coefficient (Wildman–Crippen LogP) is 2.28. The molecule has 2 aliphatic rings. The number of carbonyl (C=O) groups excluding carboxylic acids is 1. The molecule has 0 atom stereocenters. The summed E-state index contributed by atoms with van der Waals surface area (Å²) in [5.74, 6) is 0.584. The molecule has 120 valence electrons. The number of benzene rings is 1. The monoisotopic (exact) mass is 306 g/mol. The number of carbonyl (C=O) groups is 1. The van der Waals surface area contributed by atoms with Crippen molar-refractivity contribution in [3.05, 3.63) is 29.6 Å². The van der Waals surface area contributed by atoms with E-state index in [0.717, 1.165) is 51.0 Å². The molecule has 1 aliphatic carbocycles. The van der Waals surface area contributed by atoms with E-state index in [1.807, 2.05) is 11.0 Å². The predicted molar refractivity (Wildman–Crippen MR) is 82.2 cm³/mol. The summed E-state index contributed by atoms with van der Waals surface area (Å²) in [4.78, 5) is 16.4. The van der Waals surface area contributed by atoms with Gasteiger partial charge in [0.1, 0.15) is 0 Å². The summed E-state index contributed by atoms with van der Waals surface area (Å²) in [6.07, 6.45) is 3.10. The molecule has 0 bridgehead atoms. The van der Waals surface area contributed by atoms with Crippen LogP contribution >= 0.6 is 0 Å². The Balaban J connectivity index is 1.56. The van der Waals surface area contributed by atoms with Crippen LogP contribution in [0.2, 0.25) is 0 Å². The molecule has 0 aromatic heterocycles. The molecule has 0 N–H and O–H groups in total. The number of ether oxygens (including phenoxy) is 1. The van der Waals surface area contributed by atoms with Crippen molar-refractivity contribution in [1.29, 1.82) is 0 Å². The van der Waals surface area contributed by atoms with Crippen molar-refractivity contribution in [2.45, 2.75) is 25.8 Å². The summed E-state index contributed by atoms with van der Waals surface area (Å²) >= 11 is 0. The standard InChI is InChI=1S/C17H23FN2O2/c1-22-16-6-3-13(11-15(16)18)12-19-7-2-8-20(10-9-19)17(21)14-4-5-14/h3,6,11,14H,2,4-5,7-10,12H2,1H3. The molecule has 1 saturated carbocycles. The lowest BCUT2D eigenvalue weighted by Crippen LogP contribution is -2.36. The largest absolute Gasteiger partial charge is 0.494 e. The van der Waals surface area contributed by atoms with Crippen molar-refractivity contribution >= 4 is 5.91 Å². The van der Waals surface area contributed by atoms with Crippen molar-refractivity contribution in [2.24, 2.45) is 5.92 Å². The van der Waals surface area contributed by atoms with Gasteiger partial charge in [-0.3, -0.25) is 9.69 Å². The van der Waals surface area contributed by atoms with Gasteiger partial charge in [0, 0.05) is 38.6 Å². The van der Waals surface area contributed by atoms with E-state index in [2.05, 4.69) is 4.90 Å². The first-order valence-electron chi connectivity index (χ1n) is 8.01. The SMILES string of the molecule is COc1ccc(CN2CCCN(C(=O)C3CC3)CC2)cc1F. The Morgan fingerprint density at radius 1 is 1.27 bits per heavy atom. The molecular weight excluding hydrogens is 283 g/mol. The lowest BCUT2D eigenvalue weighted by Gasteiger charge is -2.22. The van der Waals surface area contributed by atoms with Crippen LogP contribution in [0.5, 0.6) is 5.75 Å². The van der Waals surface area contributed by atoms with Gasteiger partial charge < -0.3 is 9.64 Å². The number of rotatable bonds is 4. The first-order chi connectivity index (χ1) is 10.7. The van der Waals surface area contributed by atoms with E-state index < -0.39 is 0 Å². The van der Waals surface area contributed by atoms with Gasteiger partial charge in [0.15, 0.2) is 11.6 Å². The molecule has 1 saturated heterocycles. The Bertz CT molecular complexity index is 545. The third-order valence-electron chi connectivity index (χ3n) is 4.45. The van der Waals surface area contributed by atoms with Gasteiger partial charge in [-0.2, -0.15) is 0 Å². The highest BCUT2D eigenvalue weighted by Crippen LogP contribution is 2.31. The molecule has 0 radical (unpaired) electrons. The third-order valence-corrected chi connectivity index (χ3v) is 4.45. The van der Waals surface area contributed by atoms with Crippen LogP contribution in [0, 0.1) is 11.7 Å². The van der Waals surface area contributed by atoms with Crippen LogP contribution in [0.1, 0.15) is 24.8 Å². The van der Waals surface area contributed by atoms with Gasteiger partial charge in [-0.25, -0.2) is 4.39 Å². The molecule has 0 spiro atoms. The average Bonchev–Trinajstić information content (AvgIpc) is 3.34. The second-order valence-corrected chi connectivity index (χ2v) is 6.20. The minimum absolute atomic E-state index is 0.279. The van der Waals surface area contributed by atoms with Crippen LogP contribution < -0.4 is 4.74 Å². The first-order valence-corrected chi connectivity index (χ1v) is 8.01. The van der Waals surface area contributed by atoms with Crippen LogP contribution in [-0.2, 0) is 11.3 Å². The van der Waals surface area contributed by atoms with Crippen LogP contribution in [0.4, 0.5) is 4.39 Å². The first kappa shape index (κ1) is 15.3. The molecule has 22 heavy (non-hydrogen) atoms. The van der Waals surface area contributed by atoms with E-state index in [-0.39, 0.29) is 11.6 Å². The number of amides is 1. The smallest absolute Gasteiger partial charge is 0.225 e. The highest BCUT2D eigenvalue weighted by molar-refractivity contribution is 5.81. The maximum Gasteiger partial charge on any atom is 0.225 e. The summed E-state index contributed by atoms with van der Waals surface area (Å²) in [6, 6.07) is 5.11. The molecule has 0 unspecified atom stereocenters. The highest BCUT2D eigenvalue weighted by Gasteiger charge is 2.33. The number of halogens is 1. The summed E-state index contributed by atoms with van der Waals surface area (Å²) in [6.45, 7) is 4.15. The maximum atomic E-state index is 13.8. The fourth-order valence-electron chi connectivity index (χ4n) is 3.00. The van der Waals surface area contributed by atoms with E-state index in [0.29, 0.717) is 18.4 Å². The fourth-order valence-corrected chi connectivity index (χ4v) is 3.00. The fraction of sp³-hybridized carbons (Fsp3) is 0.588. The Kier molecular flexibility index (Phi) is 4.62. The molecule has 1 heterocycles. The summed E-state index contributed by atoms with van der Waals surface area (Å²) in [7, 11) is 1.47. The van der Waals surface area contributed by atoms with Crippen molar-refractivity contribution < 1.29 is 13.9 Å². The molecule has 1 amide bonds. The van der Waals surface area contributed by atoms with Crippen LogP contribution in [0.25, 0.3) is 0 Å².